The molecule has 0 amide bonds. The van der Waals surface area contributed by atoms with Gasteiger partial charge in [-0.25, -0.2) is 0 Å². The van der Waals surface area contributed by atoms with Crippen LogP contribution < -0.4 is 4.90 Å². The third kappa shape index (κ3) is 7.19. The van der Waals surface area contributed by atoms with Crippen molar-refractivity contribution in [3.63, 3.8) is 0 Å². The Hall–Kier alpha value is -4.80. The van der Waals surface area contributed by atoms with Gasteiger partial charge in [-0.05, 0) is 100 Å². The summed E-state index contributed by atoms with van der Waals surface area (Å²) in [6, 6.07) is 46.7. The summed E-state index contributed by atoms with van der Waals surface area (Å²) in [5.74, 6) is 0. The fraction of sp³-hybridized carbons (Fsp3) is 0.190. The molecule has 0 fully saturated rings. The number of para-hydroxylation sites is 1. The predicted molar refractivity (Wildman–Crippen MR) is 199 cm³/mol. The maximum Gasteiger partial charge on any atom is 0.0705 e. The smallest absolute Gasteiger partial charge is 0.0705 e. The molecular formula is C42H43N3Si. The van der Waals surface area contributed by atoms with E-state index in [1.165, 1.54) is 22.3 Å². The quantitative estimate of drug-likeness (QED) is 0.159. The number of anilines is 3. The highest BCUT2D eigenvalue weighted by Crippen LogP contribution is 2.42. The first-order valence-corrected chi connectivity index (χ1v) is 19.8. The lowest BCUT2D eigenvalue weighted by molar-refractivity contribution is 0.592. The van der Waals surface area contributed by atoms with E-state index >= 15 is 0 Å². The minimum atomic E-state index is -1.26. The molecule has 0 aliphatic rings. The predicted octanol–water partition coefficient (Wildman–Crippen LogP) is 11.7. The molecule has 3 nitrogen and oxygen atoms in total. The molecule has 2 aromatic heterocycles. The first-order chi connectivity index (χ1) is 22.0. The van der Waals surface area contributed by atoms with Crippen LogP contribution in [0.1, 0.15) is 31.9 Å². The number of pyridine rings is 2. The van der Waals surface area contributed by atoms with Gasteiger partial charge < -0.3 is 4.90 Å². The Morgan fingerprint density at radius 3 is 1.96 bits per heavy atom. The van der Waals surface area contributed by atoms with Crippen molar-refractivity contribution in [1.29, 1.82) is 0 Å². The SMILES string of the molecule is CC(C)(C)c1ccccc1-c1cc(-c2ccccn2)cc(N(c2ccccc2)c2cccc(-c3cc(C[Si](C)(C)C)ccn3)c2)c1. The van der Waals surface area contributed by atoms with E-state index in [0.717, 1.165) is 45.6 Å². The molecular weight excluding hydrogens is 575 g/mol. The summed E-state index contributed by atoms with van der Waals surface area (Å²) in [5, 5.41) is 0. The van der Waals surface area contributed by atoms with Crippen LogP contribution in [0.5, 0.6) is 0 Å². The molecule has 0 saturated heterocycles. The number of nitrogens with zero attached hydrogens (tertiary/aromatic N) is 3. The molecule has 0 spiro atoms. The van der Waals surface area contributed by atoms with Crippen LogP contribution in [0.25, 0.3) is 33.6 Å². The summed E-state index contributed by atoms with van der Waals surface area (Å²) < 4.78 is 0. The summed E-state index contributed by atoms with van der Waals surface area (Å²) in [6.07, 6.45) is 3.83. The van der Waals surface area contributed by atoms with E-state index in [1.54, 1.807) is 0 Å². The van der Waals surface area contributed by atoms with Crippen molar-refractivity contribution in [2.45, 2.75) is 51.9 Å². The van der Waals surface area contributed by atoms with Gasteiger partial charge in [0.25, 0.3) is 0 Å². The summed E-state index contributed by atoms with van der Waals surface area (Å²) in [5.41, 5.74) is 12.5. The molecule has 6 aromatic rings. The third-order valence-corrected chi connectivity index (χ3v) is 9.62. The zero-order chi connectivity index (χ0) is 32.3. The Morgan fingerprint density at radius 1 is 0.543 bits per heavy atom. The fourth-order valence-corrected chi connectivity index (χ4v) is 7.59. The summed E-state index contributed by atoms with van der Waals surface area (Å²) in [4.78, 5) is 11.9. The van der Waals surface area contributed by atoms with Gasteiger partial charge >= 0.3 is 0 Å². The molecule has 0 atom stereocenters. The molecule has 0 N–H and O–H groups in total. The summed E-state index contributed by atoms with van der Waals surface area (Å²) in [6.45, 7) is 14.1. The van der Waals surface area contributed by atoms with Crippen LogP contribution in [0.15, 0.2) is 140 Å². The Labute approximate surface area is 275 Å². The standard InChI is InChI=1S/C42H43N3Si/c1-42(2,3)39-20-11-10-19-38(39)33-26-34(40-21-12-13-23-43-40)29-37(28-33)45(35-16-8-7-9-17-35)36-18-14-15-32(27-36)41-25-31(22-24-44-41)30-46(4,5)6/h7-29H,30H2,1-6H3. The van der Waals surface area contributed by atoms with E-state index in [4.69, 9.17) is 9.97 Å². The summed E-state index contributed by atoms with van der Waals surface area (Å²) in [7, 11) is -1.26. The van der Waals surface area contributed by atoms with Crippen molar-refractivity contribution in [2.75, 3.05) is 4.90 Å². The van der Waals surface area contributed by atoms with Gasteiger partial charge in [0, 0.05) is 48.7 Å². The lowest BCUT2D eigenvalue weighted by Crippen LogP contribution is -2.23. The highest BCUT2D eigenvalue weighted by atomic mass is 28.3. The zero-order valence-electron chi connectivity index (χ0n) is 27.8. The molecule has 0 aliphatic heterocycles. The van der Waals surface area contributed by atoms with Crippen molar-refractivity contribution in [3.8, 4) is 33.6 Å². The van der Waals surface area contributed by atoms with E-state index in [9.17, 15) is 0 Å². The van der Waals surface area contributed by atoms with E-state index in [-0.39, 0.29) is 5.41 Å². The number of rotatable bonds is 8. The van der Waals surface area contributed by atoms with Crippen molar-refractivity contribution < 1.29 is 0 Å². The van der Waals surface area contributed by atoms with Gasteiger partial charge in [-0.15, -0.1) is 0 Å². The van der Waals surface area contributed by atoms with E-state index < -0.39 is 8.07 Å². The lowest BCUT2D eigenvalue weighted by Gasteiger charge is -2.28. The van der Waals surface area contributed by atoms with Crippen LogP contribution in [0.3, 0.4) is 0 Å². The second kappa shape index (κ2) is 12.9. The van der Waals surface area contributed by atoms with E-state index in [1.807, 2.05) is 18.5 Å². The van der Waals surface area contributed by atoms with Crippen molar-refractivity contribution in [2.24, 2.45) is 0 Å². The first kappa shape index (κ1) is 31.2. The number of hydrogen-bond donors (Lipinski definition) is 0. The van der Waals surface area contributed by atoms with Crippen LogP contribution in [-0.2, 0) is 11.5 Å². The van der Waals surface area contributed by atoms with Gasteiger partial charge in [-0.3, -0.25) is 9.97 Å². The minimum Gasteiger partial charge on any atom is -0.310 e. The molecule has 2 heterocycles. The zero-order valence-corrected chi connectivity index (χ0v) is 28.8. The van der Waals surface area contributed by atoms with E-state index in [2.05, 4.69) is 167 Å². The first-order valence-electron chi connectivity index (χ1n) is 16.1. The van der Waals surface area contributed by atoms with Crippen molar-refractivity contribution >= 4 is 25.1 Å². The Balaban J connectivity index is 1.55. The van der Waals surface area contributed by atoms with E-state index in [0.29, 0.717) is 0 Å². The second-order valence-corrected chi connectivity index (χ2v) is 19.8. The average Bonchev–Trinajstić information content (AvgIpc) is 3.05. The van der Waals surface area contributed by atoms with Crippen LogP contribution in [0.2, 0.25) is 19.6 Å². The molecule has 4 aromatic carbocycles. The van der Waals surface area contributed by atoms with Gasteiger partial charge in [-0.1, -0.05) is 101 Å². The van der Waals surface area contributed by atoms with Gasteiger partial charge in [0.05, 0.1) is 11.4 Å². The molecule has 0 unspecified atom stereocenters. The normalized spacial score (nSPS) is 11.8. The van der Waals surface area contributed by atoms with Gasteiger partial charge in [0.1, 0.15) is 0 Å². The van der Waals surface area contributed by atoms with Crippen LogP contribution in [0, 0.1) is 0 Å². The number of benzene rings is 4. The molecule has 0 radical (unpaired) electrons. The topological polar surface area (TPSA) is 29.0 Å². The number of hydrogen-bond acceptors (Lipinski definition) is 3. The molecule has 4 heteroatoms. The molecule has 0 aliphatic carbocycles. The highest BCUT2D eigenvalue weighted by molar-refractivity contribution is 6.75. The Bertz CT molecular complexity index is 1940. The summed E-state index contributed by atoms with van der Waals surface area (Å²) >= 11 is 0. The van der Waals surface area contributed by atoms with Gasteiger partial charge in [0.15, 0.2) is 0 Å². The van der Waals surface area contributed by atoms with Crippen molar-refractivity contribution in [1.82, 2.24) is 9.97 Å². The largest absolute Gasteiger partial charge is 0.310 e. The molecule has 0 saturated carbocycles. The third-order valence-electron chi connectivity index (χ3n) is 8.16. The fourth-order valence-electron chi connectivity index (χ4n) is 6.15. The van der Waals surface area contributed by atoms with Gasteiger partial charge in [-0.2, -0.15) is 0 Å². The molecule has 46 heavy (non-hydrogen) atoms. The Morgan fingerprint density at radius 2 is 1.22 bits per heavy atom. The maximum absolute atomic E-state index is 4.81. The monoisotopic (exact) mass is 617 g/mol. The lowest BCUT2D eigenvalue weighted by atomic mass is 9.81. The maximum atomic E-state index is 4.81. The second-order valence-electron chi connectivity index (χ2n) is 14.3. The average molecular weight is 618 g/mol. The molecule has 6 rings (SSSR count). The minimum absolute atomic E-state index is 0.0117. The van der Waals surface area contributed by atoms with Crippen LogP contribution >= 0.6 is 0 Å². The number of aromatic nitrogens is 2. The highest BCUT2D eigenvalue weighted by Gasteiger charge is 2.21. The van der Waals surface area contributed by atoms with Gasteiger partial charge in [0.2, 0.25) is 0 Å². The molecule has 230 valence electrons. The van der Waals surface area contributed by atoms with Crippen LogP contribution in [-0.4, -0.2) is 18.0 Å². The van der Waals surface area contributed by atoms with Crippen molar-refractivity contribution in [3.05, 3.63) is 151 Å². The van der Waals surface area contributed by atoms with Crippen LogP contribution in [0.4, 0.5) is 17.1 Å². The molecule has 0 bridgehead atoms. The Kier molecular flexibility index (Phi) is 8.75.